The van der Waals surface area contributed by atoms with E-state index in [4.69, 9.17) is 30.1 Å². The molecule has 4 rings (SSSR count). The fourth-order valence-corrected chi connectivity index (χ4v) is 6.02. The van der Waals surface area contributed by atoms with Crippen molar-refractivity contribution in [1.82, 2.24) is 4.57 Å². The lowest BCUT2D eigenvalue weighted by Gasteiger charge is -2.26. The Hall–Kier alpha value is -4.01. The van der Waals surface area contributed by atoms with E-state index in [9.17, 15) is 9.59 Å². The highest BCUT2D eigenvalue weighted by atomic mass is 79.9. The van der Waals surface area contributed by atoms with E-state index >= 15 is 0 Å². The maximum Gasteiger partial charge on any atom is 0.338 e. The molecule has 0 unspecified atom stereocenters. The van der Waals surface area contributed by atoms with Crippen molar-refractivity contribution >= 4 is 39.3 Å². The van der Waals surface area contributed by atoms with Gasteiger partial charge in [0.1, 0.15) is 6.61 Å². The van der Waals surface area contributed by atoms with Crippen LogP contribution in [-0.2, 0) is 9.53 Å². The highest BCUT2D eigenvalue weighted by molar-refractivity contribution is 9.10. The number of hydrogen-bond acceptors (Lipinski definition) is 9. The van der Waals surface area contributed by atoms with Crippen LogP contribution in [0, 0.1) is 12.3 Å². The average molecular weight is 642 g/mol. The zero-order valence-electron chi connectivity index (χ0n) is 23.3. The average Bonchev–Trinajstić information content (AvgIpc) is 3.25. The summed E-state index contributed by atoms with van der Waals surface area (Å²) in [5.74, 6) is 3.83. The summed E-state index contributed by atoms with van der Waals surface area (Å²) in [7, 11) is 3.06. The minimum absolute atomic E-state index is 0.0996. The number of methoxy groups -OCH3 is 2. The predicted molar refractivity (Wildman–Crippen MR) is 160 cm³/mol. The molecule has 0 N–H and O–H groups in total. The Morgan fingerprint density at radius 1 is 1.10 bits per heavy atom. The first-order valence-corrected chi connectivity index (χ1v) is 14.3. The molecule has 2 heterocycles. The van der Waals surface area contributed by atoms with Gasteiger partial charge in [-0.05, 0) is 62.2 Å². The molecule has 0 saturated heterocycles. The maximum absolute atomic E-state index is 14.0. The molecule has 0 radical (unpaired) electrons. The number of thiazole rings is 1. The molecule has 0 saturated carbocycles. The monoisotopic (exact) mass is 640 g/mol. The number of nitrogens with zero attached hydrogens (tertiary/aromatic N) is 2. The van der Waals surface area contributed by atoms with Crippen molar-refractivity contribution < 1.29 is 28.5 Å². The lowest BCUT2D eigenvalue weighted by Crippen LogP contribution is -2.40. The SMILES string of the molecule is C#CCOc1ccc(/C=c2/sc3n(c2=O)[C@H](c2cc(OC)c(OCC)cc2Br)C(C(=O)OCC)=C(C)N=3)cc1OC. The second kappa shape index (κ2) is 13.1. The van der Waals surface area contributed by atoms with Gasteiger partial charge < -0.3 is 23.7 Å². The summed E-state index contributed by atoms with van der Waals surface area (Å²) in [5.41, 5.74) is 1.72. The Kier molecular flexibility index (Phi) is 9.57. The number of fused-ring (bicyclic) bond motifs is 1. The van der Waals surface area contributed by atoms with E-state index in [-0.39, 0.29) is 24.3 Å². The van der Waals surface area contributed by atoms with E-state index in [1.807, 2.05) is 6.92 Å². The maximum atomic E-state index is 14.0. The third-order valence-electron chi connectivity index (χ3n) is 6.19. The first-order valence-electron chi connectivity index (χ1n) is 12.7. The van der Waals surface area contributed by atoms with Gasteiger partial charge in [-0.1, -0.05) is 39.3 Å². The Morgan fingerprint density at radius 3 is 2.49 bits per heavy atom. The number of carbonyl (C=O) groups excluding carboxylic acids is 1. The molecule has 0 bridgehead atoms. The zero-order valence-corrected chi connectivity index (χ0v) is 25.7. The number of terminal acetylenes is 1. The van der Waals surface area contributed by atoms with Crippen LogP contribution in [0.2, 0.25) is 0 Å². The van der Waals surface area contributed by atoms with E-state index in [1.54, 1.807) is 50.3 Å². The summed E-state index contributed by atoms with van der Waals surface area (Å²) >= 11 is 4.85. The number of aromatic nitrogens is 1. The standard InChI is InChI=1S/C30H29BrN2O7S/c1-7-12-40-21-11-10-18(13-22(21)36-5)14-25-28(34)33-27(19-15-23(37-6)24(38-8-2)16-20(19)31)26(29(35)39-9-3)17(4)32-30(33)41-25/h1,10-11,13-16,27H,8-9,12H2,2-6H3/b25-14+/t27-/m1/s1. The van der Waals surface area contributed by atoms with Gasteiger partial charge in [0.25, 0.3) is 5.56 Å². The molecule has 1 aromatic heterocycles. The minimum atomic E-state index is -0.833. The predicted octanol–water partition coefficient (Wildman–Crippen LogP) is 3.99. The van der Waals surface area contributed by atoms with Gasteiger partial charge in [0, 0.05) is 4.47 Å². The number of carbonyl (C=O) groups is 1. The van der Waals surface area contributed by atoms with Crippen LogP contribution in [0.4, 0.5) is 0 Å². The van der Waals surface area contributed by atoms with E-state index in [2.05, 4.69) is 26.8 Å². The van der Waals surface area contributed by atoms with Crippen molar-refractivity contribution in [3.8, 4) is 35.3 Å². The van der Waals surface area contributed by atoms with Crippen molar-refractivity contribution in [2.24, 2.45) is 4.99 Å². The second-order valence-corrected chi connectivity index (χ2v) is 10.5. The Morgan fingerprint density at radius 2 is 1.83 bits per heavy atom. The van der Waals surface area contributed by atoms with Crippen molar-refractivity contribution in [2.75, 3.05) is 34.0 Å². The second-order valence-electron chi connectivity index (χ2n) is 8.66. The largest absolute Gasteiger partial charge is 0.493 e. The molecule has 2 aromatic carbocycles. The van der Waals surface area contributed by atoms with E-state index in [0.29, 0.717) is 60.2 Å². The molecule has 3 aromatic rings. The lowest BCUT2D eigenvalue weighted by atomic mass is 9.95. The number of hydrogen-bond donors (Lipinski definition) is 0. The van der Waals surface area contributed by atoms with Crippen LogP contribution in [0.15, 0.2) is 55.9 Å². The minimum Gasteiger partial charge on any atom is -0.493 e. The van der Waals surface area contributed by atoms with Crippen molar-refractivity contribution in [3.63, 3.8) is 0 Å². The molecule has 214 valence electrons. The van der Waals surface area contributed by atoms with Gasteiger partial charge in [-0.3, -0.25) is 9.36 Å². The number of benzene rings is 2. The summed E-state index contributed by atoms with van der Waals surface area (Å²) in [6.07, 6.45) is 7.05. The third-order valence-corrected chi connectivity index (χ3v) is 7.86. The quantitative estimate of drug-likeness (QED) is 0.244. The van der Waals surface area contributed by atoms with Crippen LogP contribution in [0.1, 0.15) is 37.9 Å². The Labute approximate surface area is 249 Å². The van der Waals surface area contributed by atoms with Crippen LogP contribution in [0.5, 0.6) is 23.0 Å². The summed E-state index contributed by atoms with van der Waals surface area (Å²) in [6, 6.07) is 7.98. The third kappa shape index (κ3) is 6.04. The molecular formula is C30H29BrN2O7S. The summed E-state index contributed by atoms with van der Waals surface area (Å²) in [6.45, 7) is 6.04. The Bertz CT molecular complexity index is 1730. The molecule has 1 aliphatic rings. The molecule has 11 heteroatoms. The van der Waals surface area contributed by atoms with Crippen LogP contribution in [0.3, 0.4) is 0 Å². The molecule has 0 aliphatic carbocycles. The lowest BCUT2D eigenvalue weighted by molar-refractivity contribution is -0.139. The van der Waals surface area contributed by atoms with Crippen LogP contribution in [0.25, 0.3) is 6.08 Å². The first-order chi connectivity index (χ1) is 19.8. The topological polar surface area (TPSA) is 97.6 Å². The fourth-order valence-electron chi connectivity index (χ4n) is 4.44. The highest BCUT2D eigenvalue weighted by Crippen LogP contribution is 2.41. The van der Waals surface area contributed by atoms with Gasteiger partial charge in [-0.25, -0.2) is 9.79 Å². The van der Waals surface area contributed by atoms with Gasteiger partial charge in [0.2, 0.25) is 0 Å². The summed E-state index contributed by atoms with van der Waals surface area (Å²) in [5, 5.41) is 0. The normalized spacial score (nSPS) is 14.6. The molecule has 0 spiro atoms. The van der Waals surface area contributed by atoms with Gasteiger partial charge in [0.15, 0.2) is 27.8 Å². The van der Waals surface area contributed by atoms with Gasteiger partial charge in [-0.15, -0.1) is 6.42 Å². The molecule has 0 fully saturated rings. The number of ether oxygens (including phenoxy) is 5. The van der Waals surface area contributed by atoms with Crippen LogP contribution >= 0.6 is 27.3 Å². The van der Waals surface area contributed by atoms with E-state index in [1.165, 1.54) is 30.1 Å². The molecule has 41 heavy (non-hydrogen) atoms. The first kappa shape index (κ1) is 30.0. The van der Waals surface area contributed by atoms with Gasteiger partial charge in [-0.2, -0.15) is 0 Å². The molecule has 0 amide bonds. The highest BCUT2D eigenvalue weighted by Gasteiger charge is 2.35. The molecule has 1 atom stereocenters. The smallest absolute Gasteiger partial charge is 0.338 e. The van der Waals surface area contributed by atoms with Crippen molar-refractivity contribution in [2.45, 2.75) is 26.8 Å². The van der Waals surface area contributed by atoms with Crippen molar-refractivity contribution in [1.29, 1.82) is 0 Å². The molecule has 9 nitrogen and oxygen atoms in total. The molecule has 1 aliphatic heterocycles. The van der Waals surface area contributed by atoms with Crippen molar-refractivity contribution in [3.05, 3.63) is 76.9 Å². The van der Waals surface area contributed by atoms with Gasteiger partial charge in [0.05, 0.1) is 49.3 Å². The fraction of sp³-hybridized carbons (Fsp3) is 0.300. The van der Waals surface area contributed by atoms with E-state index < -0.39 is 12.0 Å². The summed E-state index contributed by atoms with van der Waals surface area (Å²) in [4.78, 5) is 32.3. The number of rotatable bonds is 10. The van der Waals surface area contributed by atoms with Crippen LogP contribution < -0.4 is 33.8 Å². The number of allylic oxidation sites excluding steroid dienone is 1. The van der Waals surface area contributed by atoms with E-state index in [0.717, 1.165) is 0 Å². The number of esters is 1. The van der Waals surface area contributed by atoms with Crippen LogP contribution in [-0.4, -0.2) is 44.6 Å². The number of halogens is 1. The zero-order chi connectivity index (χ0) is 29.7. The van der Waals surface area contributed by atoms with Gasteiger partial charge >= 0.3 is 5.97 Å². The Balaban J connectivity index is 1.94. The molecular weight excluding hydrogens is 612 g/mol. The summed E-state index contributed by atoms with van der Waals surface area (Å²) < 4.78 is 30.2.